The average Bonchev–Trinajstić information content (AvgIpc) is 2.23. The molecule has 0 bridgehead atoms. The predicted molar refractivity (Wildman–Crippen MR) is 63.5 cm³/mol. The number of hydrogen-bond donors (Lipinski definition) is 2. The van der Waals surface area contributed by atoms with Gasteiger partial charge in [-0.25, -0.2) is 0 Å². The number of hydrogen-bond acceptors (Lipinski definition) is 3. The fourth-order valence-electron chi connectivity index (χ4n) is 1.39. The maximum Gasteiger partial charge on any atom is 0.211 e. The number of carbonyl (C=O) groups is 1. The van der Waals surface area contributed by atoms with Gasteiger partial charge in [-0.1, -0.05) is 12.1 Å². The number of halogens is 1. The van der Waals surface area contributed by atoms with Crippen LogP contribution in [0.3, 0.4) is 0 Å². The van der Waals surface area contributed by atoms with Crippen LogP contribution in [-0.4, -0.2) is 11.4 Å². The number of anilines is 2. The van der Waals surface area contributed by atoms with Crippen LogP contribution in [0.5, 0.6) is 0 Å². The van der Waals surface area contributed by atoms with Crippen molar-refractivity contribution in [3.63, 3.8) is 0 Å². The summed E-state index contributed by atoms with van der Waals surface area (Å²) in [5.74, 6) is 0. The number of fused-ring (bicyclic) bond motifs is 1. The van der Waals surface area contributed by atoms with E-state index >= 15 is 0 Å². The van der Waals surface area contributed by atoms with Gasteiger partial charge >= 0.3 is 0 Å². The van der Waals surface area contributed by atoms with E-state index in [1.165, 1.54) is 6.20 Å². The van der Waals surface area contributed by atoms with Crippen molar-refractivity contribution in [1.82, 2.24) is 4.98 Å². The highest BCUT2D eigenvalue weighted by molar-refractivity contribution is 9.10. The average molecular weight is 266 g/mol. The first kappa shape index (κ1) is 9.92. The second kappa shape index (κ2) is 3.86. The molecule has 1 heterocycles. The standard InChI is InChI=1S/C10H8BrN3O/c11-7-3-1-2-6-9(12)8(14-5-15)4-13-10(6)7/h1-5H,(H2,12,13)(H,14,15). The lowest BCUT2D eigenvalue weighted by molar-refractivity contribution is -0.105. The molecule has 0 unspecified atom stereocenters. The molecule has 0 radical (unpaired) electrons. The van der Waals surface area contributed by atoms with E-state index in [1.54, 1.807) is 0 Å². The Labute approximate surface area is 94.6 Å². The number of benzene rings is 1. The molecule has 0 saturated heterocycles. The summed E-state index contributed by atoms with van der Waals surface area (Å²) < 4.78 is 0.879. The van der Waals surface area contributed by atoms with Crippen molar-refractivity contribution in [2.45, 2.75) is 0 Å². The van der Waals surface area contributed by atoms with Crippen molar-refractivity contribution >= 4 is 44.6 Å². The van der Waals surface area contributed by atoms with Crippen molar-refractivity contribution in [2.24, 2.45) is 0 Å². The third-order valence-corrected chi connectivity index (χ3v) is 2.74. The smallest absolute Gasteiger partial charge is 0.211 e. The molecule has 0 aliphatic rings. The molecule has 76 valence electrons. The van der Waals surface area contributed by atoms with Gasteiger partial charge < -0.3 is 11.1 Å². The number of amides is 1. The molecule has 2 aromatic rings. The van der Waals surface area contributed by atoms with Gasteiger partial charge in [0.15, 0.2) is 0 Å². The summed E-state index contributed by atoms with van der Waals surface area (Å²) in [5, 5.41) is 3.32. The quantitative estimate of drug-likeness (QED) is 0.818. The first-order chi connectivity index (χ1) is 7.24. The van der Waals surface area contributed by atoms with E-state index in [1.807, 2.05) is 18.2 Å². The molecule has 15 heavy (non-hydrogen) atoms. The fraction of sp³-hybridized carbons (Fsp3) is 0. The Balaban J connectivity index is 2.73. The van der Waals surface area contributed by atoms with E-state index in [-0.39, 0.29) is 0 Å². The molecule has 1 amide bonds. The van der Waals surface area contributed by atoms with Gasteiger partial charge in [0, 0.05) is 9.86 Å². The third-order valence-electron chi connectivity index (χ3n) is 2.10. The molecular weight excluding hydrogens is 258 g/mol. The number of para-hydroxylation sites is 1. The lowest BCUT2D eigenvalue weighted by Crippen LogP contribution is -2.00. The maximum absolute atomic E-state index is 10.3. The predicted octanol–water partition coefficient (Wildman–Crippen LogP) is 2.15. The van der Waals surface area contributed by atoms with Crippen LogP contribution in [0.15, 0.2) is 28.9 Å². The summed E-state index contributed by atoms with van der Waals surface area (Å²) >= 11 is 3.39. The number of aromatic nitrogens is 1. The zero-order chi connectivity index (χ0) is 10.8. The Morgan fingerprint density at radius 2 is 2.27 bits per heavy atom. The number of carbonyl (C=O) groups excluding carboxylic acids is 1. The Morgan fingerprint density at radius 3 is 3.00 bits per heavy atom. The highest BCUT2D eigenvalue weighted by Crippen LogP contribution is 2.30. The molecule has 0 saturated carbocycles. The van der Waals surface area contributed by atoms with Crippen LogP contribution in [0.2, 0.25) is 0 Å². The summed E-state index contributed by atoms with van der Waals surface area (Å²) in [6, 6.07) is 5.62. The normalized spacial score (nSPS) is 10.2. The number of nitrogens with two attached hydrogens (primary N) is 1. The molecule has 4 nitrogen and oxygen atoms in total. The molecule has 0 atom stereocenters. The highest BCUT2D eigenvalue weighted by Gasteiger charge is 2.06. The Kier molecular flexibility index (Phi) is 2.55. The second-order valence-corrected chi connectivity index (χ2v) is 3.84. The zero-order valence-corrected chi connectivity index (χ0v) is 9.28. The summed E-state index contributed by atoms with van der Waals surface area (Å²) in [6.07, 6.45) is 2.12. The van der Waals surface area contributed by atoms with Gasteiger partial charge in [0.1, 0.15) is 0 Å². The van der Waals surface area contributed by atoms with E-state index in [0.29, 0.717) is 17.8 Å². The molecule has 0 spiro atoms. The Hall–Kier alpha value is -1.62. The van der Waals surface area contributed by atoms with Gasteiger partial charge in [0.05, 0.1) is 23.1 Å². The van der Waals surface area contributed by atoms with Crippen LogP contribution in [0.1, 0.15) is 0 Å². The van der Waals surface area contributed by atoms with Gasteiger partial charge in [-0.15, -0.1) is 0 Å². The van der Waals surface area contributed by atoms with Crippen LogP contribution < -0.4 is 11.1 Å². The second-order valence-electron chi connectivity index (χ2n) is 2.98. The van der Waals surface area contributed by atoms with Crippen LogP contribution in [0.25, 0.3) is 10.9 Å². The molecule has 5 heteroatoms. The number of nitrogen functional groups attached to an aromatic ring is 1. The van der Waals surface area contributed by atoms with Gasteiger partial charge in [-0.3, -0.25) is 9.78 Å². The third kappa shape index (κ3) is 1.66. The Morgan fingerprint density at radius 1 is 1.47 bits per heavy atom. The maximum atomic E-state index is 10.3. The minimum atomic E-state index is 0.522. The van der Waals surface area contributed by atoms with Crippen molar-refractivity contribution in [1.29, 1.82) is 0 Å². The van der Waals surface area contributed by atoms with Crippen LogP contribution in [-0.2, 0) is 4.79 Å². The zero-order valence-electron chi connectivity index (χ0n) is 7.70. The number of nitrogens with one attached hydrogen (secondary N) is 1. The highest BCUT2D eigenvalue weighted by atomic mass is 79.9. The number of nitrogens with zero attached hydrogens (tertiary/aromatic N) is 1. The van der Waals surface area contributed by atoms with Crippen LogP contribution in [0, 0.1) is 0 Å². The molecule has 3 N–H and O–H groups in total. The lowest BCUT2D eigenvalue weighted by atomic mass is 10.2. The summed E-state index contributed by atoms with van der Waals surface area (Å²) in [4.78, 5) is 14.5. The largest absolute Gasteiger partial charge is 0.396 e. The van der Waals surface area contributed by atoms with E-state index in [2.05, 4.69) is 26.2 Å². The summed E-state index contributed by atoms with van der Waals surface area (Å²) in [5.41, 5.74) is 7.72. The van der Waals surface area contributed by atoms with Crippen LogP contribution >= 0.6 is 15.9 Å². The molecule has 0 aliphatic heterocycles. The Bertz CT molecular complexity index is 527. The molecule has 0 aliphatic carbocycles. The molecule has 2 rings (SSSR count). The SMILES string of the molecule is Nc1c(NC=O)cnc2c(Br)cccc12. The summed E-state index contributed by atoms with van der Waals surface area (Å²) in [6.45, 7) is 0. The lowest BCUT2D eigenvalue weighted by Gasteiger charge is -2.07. The fourth-order valence-corrected chi connectivity index (χ4v) is 1.85. The molecule has 1 aromatic heterocycles. The molecule has 1 aromatic carbocycles. The van der Waals surface area contributed by atoms with Gasteiger partial charge in [-0.05, 0) is 22.0 Å². The number of rotatable bonds is 2. The molecular formula is C10H8BrN3O. The van der Waals surface area contributed by atoms with Gasteiger partial charge in [0.25, 0.3) is 0 Å². The number of pyridine rings is 1. The van der Waals surface area contributed by atoms with Crippen molar-refractivity contribution in [3.05, 3.63) is 28.9 Å². The van der Waals surface area contributed by atoms with E-state index in [9.17, 15) is 4.79 Å². The minimum Gasteiger partial charge on any atom is -0.396 e. The first-order valence-corrected chi connectivity index (χ1v) is 5.06. The van der Waals surface area contributed by atoms with Crippen molar-refractivity contribution in [3.8, 4) is 0 Å². The van der Waals surface area contributed by atoms with E-state index in [0.717, 1.165) is 15.4 Å². The summed E-state index contributed by atoms with van der Waals surface area (Å²) in [7, 11) is 0. The van der Waals surface area contributed by atoms with Gasteiger partial charge in [-0.2, -0.15) is 0 Å². The topological polar surface area (TPSA) is 68.0 Å². The van der Waals surface area contributed by atoms with Crippen molar-refractivity contribution < 1.29 is 4.79 Å². The van der Waals surface area contributed by atoms with Gasteiger partial charge in [0.2, 0.25) is 6.41 Å². The first-order valence-electron chi connectivity index (χ1n) is 4.27. The minimum absolute atomic E-state index is 0.522. The monoisotopic (exact) mass is 265 g/mol. The van der Waals surface area contributed by atoms with E-state index in [4.69, 9.17) is 5.73 Å². The molecule has 0 fully saturated rings. The van der Waals surface area contributed by atoms with Crippen molar-refractivity contribution in [2.75, 3.05) is 11.1 Å². The van der Waals surface area contributed by atoms with E-state index < -0.39 is 0 Å². The van der Waals surface area contributed by atoms with Crippen LogP contribution in [0.4, 0.5) is 11.4 Å².